The molecule has 0 aliphatic heterocycles. The van der Waals surface area contributed by atoms with E-state index >= 15 is 0 Å². The third kappa shape index (κ3) is 49.3. The van der Waals surface area contributed by atoms with Crippen LogP contribution in [-0.2, 0) is 28.6 Å². The lowest BCUT2D eigenvalue weighted by molar-refractivity contribution is -0.167. The fraction of sp³-hybridized carbons (Fsp3) is 0.672. The van der Waals surface area contributed by atoms with Crippen molar-refractivity contribution in [1.82, 2.24) is 0 Å². The SMILES string of the molecule is CC\C=C/C=C\C=C/C=C\CCCCCCCC(=O)OC(COC(=O)CCC/C=C\C/C=C\C/C=C\CCCCCCCC)COC(=O)CCCCC/C=C\CCCCCCCCC. The van der Waals surface area contributed by atoms with Crippen molar-refractivity contribution in [3.05, 3.63) is 97.2 Å². The standard InChI is InChI=1S/C58H96O6/c1-4-7-10-13-16-19-22-25-28-29-31-33-36-39-42-45-48-51-57(60)63-54-55(53-62-56(59)50-47-44-41-38-35-32-27-24-21-18-15-12-9-6-3)64-58(61)52-49-46-43-40-37-34-30-26-23-20-17-14-11-8-5-2/h8,11,14,17,20,23,25-26,28,30-33,35,39,42,55H,4-7,9-10,12-13,15-16,18-19,21-22,24,27,29,34,36-38,40-41,43-54H2,1-3H3/b11-8-,17-14-,23-20-,28-25-,30-26-,33-31-,35-32-,42-39-. The molecule has 0 aromatic rings. The Labute approximate surface area is 394 Å². The smallest absolute Gasteiger partial charge is 0.306 e. The van der Waals surface area contributed by atoms with Gasteiger partial charge >= 0.3 is 17.9 Å². The van der Waals surface area contributed by atoms with Crippen LogP contribution in [-0.4, -0.2) is 37.2 Å². The molecule has 0 aromatic carbocycles. The molecule has 0 N–H and O–H groups in total. The van der Waals surface area contributed by atoms with E-state index in [1.165, 1.54) is 89.9 Å². The minimum Gasteiger partial charge on any atom is -0.462 e. The van der Waals surface area contributed by atoms with Crippen molar-refractivity contribution in [2.45, 2.75) is 239 Å². The molecule has 1 unspecified atom stereocenters. The number of hydrogen-bond donors (Lipinski definition) is 0. The summed E-state index contributed by atoms with van der Waals surface area (Å²) < 4.78 is 16.7. The van der Waals surface area contributed by atoms with Crippen molar-refractivity contribution in [1.29, 1.82) is 0 Å². The van der Waals surface area contributed by atoms with E-state index in [1.54, 1.807) is 0 Å². The first-order chi connectivity index (χ1) is 31.5. The largest absolute Gasteiger partial charge is 0.462 e. The fourth-order valence-electron chi connectivity index (χ4n) is 6.93. The number of allylic oxidation sites excluding steroid dienone is 16. The number of unbranched alkanes of at least 4 members (excludes halogenated alkanes) is 22. The second kappa shape index (κ2) is 52.0. The Morgan fingerprint density at radius 1 is 0.344 bits per heavy atom. The predicted octanol–water partition coefficient (Wildman–Crippen LogP) is 17.4. The maximum atomic E-state index is 12.8. The Morgan fingerprint density at radius 2 is 0.688 bits per heavy atom. The maximum Gasteiger partial charge on any atom is 0.306 e. The van der Waals surface area contributed by atoms with Gasteiger partial charge in [-0.15, -0.1) is 0 Å². The van der Waals surface area contributed by atoms with Crippen molar-refractivity contribution in [3.63, 3.8) is 0 Å². The second-order valence-corrected chi connectivity index (χ2v) is 17.1. The highest BCUT2D eigenvalue weighted by molar-refractivity contribution is 5.71. The molecule has 0 saturated carbocycles. The molecule has 0 bridgehead atoms. The lowest BCUT2D eigenvalue weighted by Crippen LogP contribution is -2.30. The summed E-state index contributed by atoms with van der Waals surface area (Å²) in [6.07, 6.45) is 68.2. The third-order valence-electron chi connectivity index (χ3n) is 10.9. The number of carbonyl (C=O) groups is 3. The van der Waals surface area contributed by atoms with Crippen LogP contribution in [0.3, 0.4) is 0 Å². The summed E-state index contributed by atoms with van der Waals surface area (Å²) in [6, 6.07) is 0. The molecular formula is C58H96O6. The van der Waals surface area contributed by atoms with Gasteiger partial charge in [0.1, 0.15) is 13.2 Å². The fourth-order valence-corrected chi connectivity index (χ4v) is 6.93. The van der Waals surface area contributed by atoms with Gasteiger partial charge in [-0.05, 0) is 96.3 Å². The Hall–Kier alpha value is -3.67. The Balaban J connectivity index is 4.53. The van der Waals surface area contributed by atoms with E-state index in [0.29, 0.717) is 12.8 Å². The highest BCUT2D eigenvalue weighted by Crippen LogP contribution is 2.13. The molecule has 0 radical (unpaired) electrons. The molecule has 0 heterocycles. The van der Waals surface area contributed by atoms with Crippen LogP contribution in [0, 0.1) is 0 Å². The summed E-state index contributed by atoms with van der Waals surface area (Å²) >= 11 is 0. The Morgan fingerprint density at radius 3 is 1.19 bits per heavy atom. The lowest BCUT2D eigenvalue weighted by atomic mass is 10.1. The Bertz CT molecular complexity index is 1300. The van der Waals surface area contributed by atoms with Gasteiger partial charge in [0.15, 0.2) is 6.10 Å². The van der Waals surface area contributed by atoms with Crippen LogP contribution in [0.5, 0.6) is 0 Å². The zero-order valence-electron chi connectivity index (χ0n) is 41.5. The summed E-state index contributed by atoms with van der Waals surface area (Å²) in [6.45, 7) is 6.40. The molecule has 0 aliphatic carbocycles. The molecule has 1 atom stereocenters. The molecule has 0 fully saturated rings. The molecule has 0 aromatic heterocycles. The first-order valence-corrected chi connectivity index (χ1v) is 26.3. The van der Waals surface area contributed by atoms with Gasteiger partial charge in [0.25, 0.3) is 0 Å². The molecular weight excluding hydrogens is 793 g/mol. The molecule has 0 amide bonds. The summed E-state index contributed by atoms with van der Waals surface area (Å²) in [5.41, 5.74) is 0. The van der Waals surface area contributed by atoms with Crippen molar-refractivity contribution in [3.8, 4) is 0 Å². The molecule has 64 heavy (non-hydrogen) atoms. The van der Waals surface area contributed by atoms with Gasteiger partial charge in [-0.1, -0.05) is 214 Å². The van der Waals surface area contributed by atoms with Gasteiger partial charge in [0.05, 0.1) is 0 Å². The van der Waals surface area contributed by atoms with E-state index in [0.717, 1.165) is 96.3 Å². The van der Waals surface area contributed by atoms with Crippen molar-refractivity contribution >= 4 is 17.9 Å². The Kier molecular flexibility index (Phi) is 49.0. The molecule has 0 spiro atoms. The van der Waals surface area contributed by atoms with Gasteiger partial charge < -0.3 is 14.2 Å². The van der Waals surface area contributed by atoms with Crippen LogP contribution in [0.15, 0.2) is 97.2 Å². The molecule has 0 saturated heterocycles. The first-order valence-electron chi connectivity index (χ1n) is 26.3. The van der Waals surface area contributed by atoms with Crippen molar-refractivity contribution in [2.75, 3.05) is 13.2 Å². The zero-order valence-corrected chi connectivity index (χ0v) is 41.5. The summed E-state index contributed by atoms with van der Waals surface area (Å²) in [4.78, 5) is 38.0. The highest BCUT2D eigenvalue weighted by Gasteiger charge is 2.19. The van der Waals surface area contributed by atoms with E-state index in [2.05, 4.69) is 93.7 Å². The van der Waals surface area contributed by atoms with Crippen LogP contribution >= 0.6 is 0 Å². The van der Waals surface area contributed by atoms with Crippen molar-refractivity contribution < 1.29 is 28.6 Å². The maximum absolute atomic E-state index is 12.8. The quantitative estimate of drug-likeness (QED) is 0.0199. The zero-order chi connectivity index (χ0) is 46.5. The number of hydrogen-bond acceptors (Lipinski definition) is 6. The minimum absolute atomic E-state index is 0.112. The number of esters is 3. The van der Waals surface area contributed by atoms with Crippen LogP contribution < -0.4 is 0 Å². The summed E-state index contributed by atoms with van der Waals surface area (Å²) in [5.74, 6) is -1.01. The number of ether oxygens (including phenoxy) is 3. The highest BCUT2D eigenvalue weighted by atomic mass is 16.6. The minimum atomic E-state index is -0.817. The van der Waals surface area contributed by atoms with Gasteiger partial charge in [0.2, 0.25) is 0 Å². The van der Waals surface area contributed by atoms with Crippen LogP contribution in [0.2, 0.25) is 0 Å². The average Bonchev–Trinajstić information content (AvgIpc) is 3.29. The van der Waals surface area contributed by atoms with Crippen LogP contribution in [0.25, 0.3) is 0 Å². The molecule has 6 nitrogen and oxygen atoms in total. The second-order valence-electron chi connectivity index (χ2n) is 17.1. The predicted molar refractivity (Wildman–Crippen MR) is 274 cm³/mol. The van der Waals surface area contributed by atoms with Crippen LogP contribution in [0.1, 0.15) is 233 Å². The summed E-state index contributed by atoms with van der Waals surface area (Å²) in [5, 5.41) is 0. The molecule has 0 rings (SSSR count). The van der Waals surface area contributed by atoms with Crippen LogP contribution in [0.4, 0.5) is 0 Å². The van der Waals surface area contributed by atoms with Gasteiger partial charge in [0, 0.05) is 19.3 Å². The van der Waals surface area contributed by atoms with E-state index in [4.69, 9.17) is 14.2 Å². The van der Waals surface area contributed by atoms with Gasteiger partial charge in [-0.3, -0.25) is 14.4 Å². The topological polar surface area (TPSA) is 78.9 Å². The average molecular weight is 889 g/mol. The lowest BCUT2D eigenvalue weighted by Gasteiger charge is -2.18. The van der Waals surface area contributed by atoms with E-state index < -0.39 is 6.10 Å². The van der Waals surface area contributed by atoms with E-state index in [-0.39, 0.29) is 44.0 Å². The number of rotatable bonds is 46. The summed E-state index contributed by atoms with van der Waals surface area (Å²) in [7, 11) is 0. The van der Waals surface area contributed by atoms with E-state index in [1.807, 2.05) is 24.3 Å². The normalized spacial score (nSPS) is 12.9. The van der Waals surface area contributed by atoms with Crippen molar-refractivity contribution in [2.24, 2.45) is 0 Å². The molecule has 364 valence electrons. The molecule has 6 heteroatoms. The van der Waals surface area contributed by atoms with Gasteiger partial charge in [-0.2, -0.15) is 0 Å². The van der Waals surface area contributed by atoms with Gasteiger partial charge in [-0.25, -0.2) is 0 Å². The third-order valence-corrected chi connectivity index (χ3v) is 10.9. The monoisotopic (exact) mass is 889 g/mol. The first kappa shape index (κ1) is 60.3. The molecule has 0 aliphatic rings. The number of carbonyl (C=O) groups excluding carboxylic acids is 3. The van der Waals surface area contributed by atoms with E-state index in [9.17, 15) is 14.4 Å².